The summed E-state index contributed by atoms with van der Waals surface area (Å²) in [5.41, 5.74) is 3.21. The summed E-state index contributed by atoms with van der Waals surface area (Å²) in [5.74, 6) is 1.11. The Balaban J connectivity index is 2.39. The van der Waals surface area contributed by atoms with Crippen LogP contribution in [-0.4, -0.2) is 15.6 Å². The van der Waals surface area contributed by atoms with Crippen LogP contribution in [0.5, 0.6) is 11.5 Å². The fourth-order valence-corrected chi connectivity index (χ4v) is 3.25. The number of aromatic hydroxyl groups is 1. The summed E-state index contributed by atoms with van der Waals surface area (Å²) in [7, 11) is 0. The summed E-state index contributed by atoms with van der Waals surface area (Å²) >= 11 is 0. The van der Waals surface area contributed by atoms with E-state index in [0.29, 0.717) is 18.6 Å². The van der Waals surface area contributed by atoms with Gasteiger partial charge in [-0.1, -0.05) is 6.92 Å². The van der Waals surface area contributed by atoms with E-state index >= 15 is 0 Å². The average Bonchev–Trinajstić information content (AvgIpc) is 2.50. The van der Waals surface area contributed by atoms with Crippen LogP contribution in [0, 0.1) is 30.9 Å². The van der Waals surface area contributed by atoms with Gasteiger partial charge in [0.05, 0.1) is 11.3 Å². The van der Waals surface area contributed by atoms with Crippen LogP contribution in [0.2, 0.25) is 0 Å². The zero-order valence-corrected chi connectivity index (χ0v) is 14.5. The molecule has 0 aromatic heterocycles. The normalized spacial score (nSPS) is 20.8. The molecule has 1 aromatic carbocycles. The van der Waals surface area contributed by atoms with Gasteiger partial charge >= 0.3 is 0 Å². The maximum atomic E-state index is 11.2. The molecule has 1 aliphatic rings. The lowest BCUT2D eigenvalue weighted by atomic mass is 9.85. The van der Waals surface area contributed by atoms with Crippen LogP contribution in [0.1, 0.15) is 55.4 Å². The molecule has 5 nitrogen and oxygen atoms in total. The van der Waals surface area contributed by atoms with Crippen molar-refractivity contribution < 1.29 is 14.8 Å². The van der Waals surface area contributed by atoms with Gasteiger partial charge in [-0.15, -0.1) is 0 Å². The van der Waals surface area contributed by atoms with Gasteiger partial charge in [-0.2, -0.15) is 0 Å². The maximum Gasteiger partial charge on any atom is 0.246 e. The van der Waals surface area contributed by atoms with Gasteiger partial charge < -0.3 is 9.84 Å². The zero-order chi connectivity index (χ0) is 17.4. The predicted octanol–water partition coefficient (Wildman–Crippen LogP) is 4.36. The first-order chi connectivity index (χ1) is 10.7. The van der Waals surface area contributed by atoms with Gasteiger partial charge in [0.15, 0.2) is 0 Å². The Bertz CT molecular complexity index is 678. The van der Waals surface area contributed by atoms with Crippen LogP contribution in [0.4, 0.5) is 0 Å². The van der Waals surface area contributed by atoms with Crippen LogP contribution in [-0.2, 0) is 6.42 Å². The third kappa shape index (κ3) is 3.19. The number of hydrogen-bond donors (Lipinski definition) is 1. The minimum atomic E-state index is -0.596. The molecule has 0 spiro atoms. The number of nitrogens with zero attached hydrogens (tertiary/aromatic N) is 1. The Labute approximate surface area is 137 Å². The van der Waals surface area contributed by atoms with Crippen LogP contribution in [0.3, 0.4) is 0 Å². The Morgan fingerprint density at radius 2 is 2.00 bits per heavy atom. The Morgan fingerprint density at radius 1 is 1.35 bits per heavy atom. The van der Waals surface area contributed by atoms with E-state index in [4.69, 9.17) is 4.74 Å². The van der Waals surface area contributed by atoms with Crippen molar-refractivity contribution in [2.24, 2.45) is 0 Å². The number of phenolic OH excluding ortho intramolecular Hbond substituents is 1. The van der Waals surface area contributed by atoms with E-state index in [2.05, 4.69) is 0 Å². The molecule has 1 aromatic rings. The number of phenols is 1. The Hall–Kier alpha value is -2.04. The molecule has 0 aliphatic carbocycles. The van der Waals surface area contributed by atoms with E-state index in [-0.39, 0.29) is 17.0 Å². The summed E-state index contributed by atoms with van der Waals surface area (Å²) in [6.07, 6.45) is 4.02. The fraction of sp³-hybridized carbons (Fsp3) is 0.556. The van der Waals surface area contributed by atoms with Crippen LogP contribution >= 0.6 is 0 Å². The first-order valence-corrected chi connectivity index (χ1v) is 8.04. The molecule has 0 amide bonds. The first-order valence-electron chi connectivity index (χ1n) is 8.04. The number of fused-ring (bicyclic) bond motifs is 1. The zero-order valence-electron chi connectivity index (χ0n) is 14.5. The minimum Gasteiger partial charge on any atom is -0.507 e. The summed E-state index contributed by atoms with van der Waals surface area (Å²) < 4.78 is 6.24. The summed E-state index contributed by atoms with van der Waals surface area (Å²) in [5, 5.41) is 21.4. The van der Waals surface area contributed by atoms with Crippen LogP contribution in [0.15, 0.2) is 11.8 Å². The lowest BCUT2D eigenvalue weighted by Gasteiger charge is -2.37. The molecule has 1 N–H and O–H groups in total. The van der Waals surface area contributed by atoms with Crippen molar-refractivity contribution in [3.05, 3.63) is 44.1 Å². The number of ether oxygens (including phenoxy) is 1. The van der Waals surface area contributed by atoms with Gasteiger partial charge in [-0.25, -0.2) is 0 Å². The largest absolute Gasteiger partial charge is 0.507 e. The molecule has 1 atom stereocenters. The van der Waals surface area contributed by atoms with Crippen molar-refractivity contribution in [3.63, 3.8) is 0 Å². The lowest BCUT2D eigenvalue weighted by molar-refractivity contribution is -0.430. The number of benzene rings is 1. The topological polar surface area (TPSA) is 72.6 Å². The fourth-order valence-electron chi connectivity index (χ4n) is 3.25. The number of nitro groups is 1. The molecule has 126 valence electrons. The second-order valence-corrected chi connectivity index (χ2v) is 6.62. The van der Waals surface area contributed by atoms with Gasteiger partial charge in [-0.3, -0.25) is 10.1 Å². The second-order valence-electron chi connectivity index (χ2n) is 6.62. The third-order valence-corrected chi connectivity index (χ3v) is 4.82. The van der Waals surface area contributed by atoms with Crippen molar-refractivity contribution >= 4 is 0 Å². The molecule has 0 bridgehead atoms. The molecule has 0 radical (unpaired) electrons. The van der Waals surface area contributed by atoms with Gasteiger partial charge in [0.25, 0.3) is 0 Å². The molecular formula is C18H25NO4. The molecule has 2 rings (SSSR count). The van der Waals surface area contributed by atoms with E-state index in [1.165, 1.54) is 0 Å². The molecule has 1 aliphatic heterocycles. The van der Waals surface area contributed by atoms with E-state index in [9.17, 15) is 15.2 Å². The third-order valence-electron chi connectivity index (χ3n) is 4.82. The summed E-state index contributed by atoms with van der Waals surface area (Å²) in [6, 6.07) is 0. The molecule has 1 unspecified atom stereocenters. The summed E-state index contributed by atoms with van der Waals surface area (Å²) in [4.78, 5) is 10.9. The number of allylic oxidation sites excluding steroid dienone is 1. The van der Waals surface area contributed by atoms with Crippen LogP contribution in [0.25, 0.3) is 0 Å². The van der Waals surface area contributed by atoms with Crippen molar-refractivity contribution in [2.45, 2.75) is 65.9 Å². The monoisotopic (exact) mass is 319 g/mol. The molecule has 0 fully saturated rings. The molecular weight excluding hydrogens is 294 g/mol. The van der Waals surface area contributed by atoms with E-state index in [0.717, 1.165) is 34.4 Å². The van der Waals surface area contributed by atoms with Crippen LogP contribution < -0.4 is 4.74 Å². The molecule has 0 saturated carbocycles. The summed E-state index contributed by atoms with van der Waals surface area (Å²) in [6.45, 7) is 9.51. The van der Waals surface area contributed by atoms with Crippen molar-refractivity contribution in [1.29, 1.82) is 0 Å². The van der Waals surface area contributed by atoms with E-state index in [1.54, 1.807) is 6.08 Å². The van der Waals surface area contributed by atoms with Crippen molar-refractivity contribution in [3.8, 4) is 11.5 Å². The lowest BCUT2D eigenvalue weighted by Crippen LogP contribution is -2.38. The van der Waals surface area contributed by atoms with Gasteiger partial charge in [0.2, 0.25) is 5.70 Å². The second kappa shape index (κ2) is 6.22. The van der Waals surface area contributed by atoms with E-state index in [1.807, 2.05) is 34.6 Å². The van der Waals surface area contributed by atoms with Gasteiger partial charge in [0.1, 0.15) is 17.1 Å². The minimum absolute atomic E-state index is 0.211. The standard InChI is InChI=1S/C18H25NO4/c1-6-7-14(19(21)22)10-18(5)9-8-15-13(4)16(20)11(2)12(3)17(15)23-18/h7,20H,6,8-10H2,1-5H3. The molecule has 5 heteroatoms. The van der Waals surface area contributed by atoms with Crippen molar-refractivity contribution in [1.82, 2.24) is 0 Å². The van der Waals surface area contributed by atoms with Gasteiger partial charge in [-0.05, 0) is 69.7 Å². The Morgan fingerprint density at radius 3 is 2.57 bits per heavy atom. The average molecular weight is 319 g/mol. The smallest absolute Gasteiger partial charge is 0.246 e. The highest BCUT2D eigenvalue weighted by Crippen LogP contribution is 2.44. The highest BCUT2D eigenvalue weighted by molar-refractivity contribution is 5.58. The highest BCUT2D eigenvalue weighted by atomic mass is 16.6. The van der Waals surface area contributed by atoms with E-state index < -0.39 is 5.60 Å². The van der Waals surface area contributed by atoms with Crippen molar-refractivity contribution in [2.75, 3.05) is 0 Å². The number of hydrogen-bond acceptors (Lipinski definition) is 4. The Kier molecular flexibility index (Phi) is 4.68. The number of rotatable bonds is 4. The molecule has 1 heterocycles. The quantitative estimate of drug-likeness (QED) is 0.661. The van der Waals surface area contributed by atoms with Gasteiger partial charge in [0, 0.05) is 5.56 Å². The maximum absolute atomic E-state index is 11.2. The molecule has 23 heavy (non-hydrogen) atoms. The molecule has 0 saturated heterocycles. The SMILES string of the molecule is CCC=C(CC1(C)CCc2c(C)c(O)c(C)c(C)c2O1)[N+](=O)[O-]. The first kappa shape index (κ1) is 17.3. The predicted molar refractivity (Wildman–Crippen MR) is 89.7 cm³/mol. The highest BCUT2D eigenvalue weighted by Gasteiger charge is 2.37.